The number of rotatable bonds is 5. The van der Waals surface area contributed by atoms with Gasteiger partial charge in [-0.3, -0.25) is 0 Å². The second-order valence-corrected chi connectivity index (χ2v) is 2.64. The van der Waals surface area contributed by atoms with Gasteiger partial charge >= 0.3 is 0 Å². The first-order valence-corrected chi connectivity index (χ1v) is 3.74. The summed E-state index contributed by atoms with van der Waals surface area (Å²) < 4.78 is 0. The lowest BCUT2D eigenvalue weighted by molar-refractivity contribution is -0.108. The molecule has 0 aliphatic rings. The first-order valence-electron chi connectivity index (χ1n) is 3.74. The Bertz CT molecular complexity index is 69.0. The molecule has 0 aliphatic heterocycles. The molecule has 0 amide bonds. The summed E-state index contributed by atoms with van der Waals surface area (Å²) in [6, 6.07) is 0. The van der Waals surface area contributed by atoms with Crippen molar-refractivity contribution in [3.05, 3.63) is 0 Å². The summed E-state index contributed by atoms with van der Waals surface area (Å²) in [6.07, 6.45) is 5.30. The largest absolute Gasteiger partial charge is 0.303 e. The van der Waals surface area contributed by atoms with Crippen LogP contribution in [0.1, 0.15) is 39.5 Å². The van der Waals surface area contributed by atoms with Crippen molar-refractivity contribution >= 4 is 6.29 Å². The Morgan fingerprint density at radius 2 is 2.11 bits per heavy atom. The van der Waals surface area contributed by atoms with E-state index >= 15 is 0 Å². The summed E-state index contributed by atoms with van der Waals surface area (Å²) in [5.41, 5.74) is 0. The summed E-state index contributed by atoms with van der Waals surface area (Å²) in [5.74, 6) is 0.736. The van der Waals surface area contributed by atoms with E-state index in [1.54, 1.807) is 0 Å². The molecule has 1 nitrogen and oxygen atoms in total. The molecular formula is C8H16O. The highest BCUT2D eigenvalue weighted by molar-refractivity contribution is 5.49. The van der Waals surface area contributed by atoms with Crippen molar-refractivity contribution in [3.63, 3.8) is 0 Å². The standard InChI is InChI=1S/C8H16O/c1-3-5-8(2)6-4-7-9/h7-8H,3-6H2,1-2H3. The van der Waals surface area contributed by atoms with Gasteiger partial charge in [-0.25, -0.2) is 0 Å². The van der Waals surface area contributed by atoms with E-state index in [1.807, 2.05) is 0 Å². The Labute approximate surface area is 57.5 Å². The second-order valence-electron chi connectivity index (χ2n) is 2.64. The number of aldehydes is 1. The maximum absolute atomic E-state index is 9.91. The minimum atomic E-state index is 0.736. The van der Waals surface area contributed by atoms with Crippen LogP contribution in [0.3, 0.4) is 0 Å². The second kappa shape index (κ2) is 5.80. The Hall–Kier alpha value is -0.330. The molecule has 1 atom stereocenters. The molecule has 0 aromatic carbocycles. The van der Waals surface area contributed by atoms with Gasteiger partial charge in [-0.1, -0.05) is 26.7 Å². The van der Waals surface area contributed by atoms with Crippen molar-refractivity contribution in [1.29, 1.82) is 0 Å². The molecule has 0 N–H and O–H groups in total. The fraction of sp³-hybridized carbons (Fsp3) is 0.875. The van der Waals surface area contributed by atoms with Crippen molar-refractivity contribution < 1.29 is 4.79 Å². The maximum atomic E-state index is 9.91. The fourth-order valence-electron chi connectivity index (χ4n) is 0.990. The summed E-state index contributed by atoms with van der Waals surface area (Å²) in [7, 11) is 0. The molecule has 0 saturated carbocycles. The van der Waals surface area contributed by atoms with Crippen molar-refractivity contribution in [1.82, 2.24) is 0 Å². The quantitative estimate of drug-likeness (QED) is 0.519. The van der Waals surface area contributed by atoms with Crippen molar-refractivity contribution in [3.8, 4) is 0 Å². The lowest BCUT2D eigenvalue weighted by Gasteiger charge is -2.05. The molecule has 0 heterocycles. The highest BCUT2D eigenvalue weighted by Gasteiger charge is 1.97. The summed E-state index contributed by atoms with van der Waals surface area (Å²) in [6.45, 7) is 4.38. The molecule has 54 valence electrons. The van der Waals surface area contributed by atoms with Gasteiger partial charge in [0.2, 0.25) is 0 Å². The predicted octanol–water partition coefficient (Wildman–Crippen LogP) is 2.40. The topological polar surface area (TPSA) is 17.1 Å². The van der Waals surface area contributed by atoms with Crippen LogP contribution >= 0.6 is 0 Å². The smallest absolute Gasteiger partial charge is 0.120 e. The summed E-state index contributed by atoms with van der Waals surface area (Å²) >= 11 is 0. The van der Waals surface area contributed by atoms with Gasteiger partial charge < -0.3 is 4.79 Å². The third kappa shape index (κ3) is 5.54. The van der Waals surface area contributed by atoms with Crippen LogP contribution < -0.4 is 0 Å². The van der Waals surface area contributed by atoms with Crippen LogP contribution in [0.5, 0.6) is 0 Å². The van der Waals surface area contributed by atoms with Gasteiger partial charge in [0.15, 0.2) is 0 Å². The monoisotopic (exact) mass is 128 g/mol. The van der Waals surface area contributed by atoms with Gasteiger partial charge in [0.25, 0.3) is 0 Å². The lowest BCUT2D eigenvalue weighted by atomic mass is 10.0. The van der Waals surface area contributed by atoms with Gasteiger partial charge in [-0.05, 0) is 12.3 Å². The molecule has 0 fully saturated rings. The predicted molar refractivity (Wildman–Crippen MR) is 39.4 cm³/mol. The van der Waals surface area contributed by atoms with Gasteiger partial charge in [0.05, 0.1) is 0 Å². The zero-order valence-electron chi connectivity index (χ0n) is 6.39. The molecule has 0 saturated heterocycles. The number of carbonyl (C=O) groups is 1. The van der Waals surface area contributed by atoms with Crippen molar-refractivity contribution in [2.75, 3.05) is 0 Å². The molecule has 0 radical (unpaired) electrons. The van der Waals surface area contributed by atoms with E-state index in [-0.39, 0.29) is 0 Å². The average molecular weight is 128 g/mol. The van der Waals surface area contributed by atoms with E-state index in [4.69, 9.17) is 0 Å². The van der Waals surface area contributed by atoms with E-state index in [0.29, 0.717) is 0 Å². The Balaban J connectivity index is 3.04. The van der Waals surface area contributed by atoms with E-state index in [9.17, 15) is 4.79 Å². The Kier molecular flexibility index (Phi) is 5.59. The molecule has 0 spiro atoms. The maximum Gasteiger partial charge on any atom is 0.120 e. The zero-order valence-corrected chi connectivity index (χ0v) is 6.39. The SMILES string of the molecule is CCCC(C)CCC=O. The molecular weight excluding hydrogens is 112 g/mol. The molecule has 9 heavy (non-hydrogen) atoms. The number of carbonyl (C=O) groups excluding carboxylic acids is 1. The first kappa shape index (κ1) is 8.67. The molecule has 1 heteroatoms. The van der Waals surface area contributed by atoms with E-state index in [2.05, 4.69) is 13.8 Å². The fourth-order valence-corrected chi connectivity index (χ4v) is 0.990. The van der Waals surface area contributed by atoms with Crippen LogP contribution in [0.25, 0.3) is 0 Å². The molecule has 0 aromatic heterocycles. The van der Waals surface area contributed by atoms with E-state index in [1.165, 1.54) is 12.8 Å². The zero-order chi connectivity index (χ0) is 7.11. The van der Waals surface area contributed by atoms with Gasteiger partial charge in [-0.15, -0.1) is 0 Å². The Morgan fingerprint density at radius 3 is 2.56 bits per heavy atom. The Morgan fingerprint density at radius 1 is 1.44 bits per heavy atom. The van der Waals surface area contributed by atoms with Crippen LogP contribution in [-0.2, 0) is 4.79 Å². The molecule has 1 unspecified atom stereocenters. The summed E-state index contributed by atoms with van der Waals surface area (Å²) in [5, 5.41) is 0. The highest BCUT2D eigenvalue weighted by atomic mass is 16.1. The van der Waals surface area contributed by atoms with Crippen LogP contribution in [0.4, 0.5) is 0 Å². The molecule has 0 rings (SSSR count). The first-order chi connectivity index (χ1) is 4.31. The van der Waals surface area contributed by atoms with E-state index in [0.717, 1.165) is 25.0 Å². The molecule has 0 aliphatic carbocycles. The van der Waals surface area contributed by atoms with Gasteiger partial charge in [0, 0.05) is 6.42 Å². The van der Waals surface area contributed by atoms with Crippen LogP contribution in [0.15, 0.2) is 0 Å². The third-order valence-corrected chi connectivity index (χ3v) is 1.56. The van der Waals surface area contributed by atoms with Gasteiger partial charge in [-0.2, -0.15) is 0 Å². The summed E-state index contributed by atoms with van der Waals surface area (Å²) in [4.78, 5) is 9.91. The highest BCUT2D eigenvalue weighted by Crippen LogP contribution is 2.10. The van der Waals surface area contributed by atoms with Crippen LogP contribution in [-0.4, -0.2) is 6.29 Å². The number of hydrogen-bond donors (Lipinski definition) is 0. The van der Waals surface area contributed by atoms with Crippen molar-refractivity contribution in [2.24, 2.45) is 5.92 Å². The lowest BCUT2D eigenvalue weighted by Crippen LogP contribution is -1.93. The normalized spacial score (nSPS) is 13.1. The van der Waals surface area contributed by atoms with Gasteiger partial charge in [0.1, 0.15) is 6.29 Å². The third-order valence-electron chi connectivity index (χ3n) is 1.56. The average Bonchev–Trinajstić information content (AvgIpc) is 1.85. The van der Waals surface area contributed by atoms with Crippen LogP contribution in [0.2, 0.25) is 0 Å². The van der Waals surface area contributed by atoms with Crippen molar-refractivity contribution in [2.45, 2.75) is 39.5 Å². The van der Waals surface area contributed by atoms with E-state index < -0.39 is 0 Å². The van der Waals surface area contributed by atoms with Crippen LogP contribution in [0, 0.1) is 5.92 Å². The molecule has 0 bridgehead atoms. The minimum absolute atomic E-state index is 0.736. The minimum Gasteiger partial charge on any atom is -0.303 e. The molecule has 0 aromatic rings. The number of hydrogen-bond acceptors (Lipinski definition) is 1.